The van der Waals surface area contributed by atoms with E-state index in [1.54, 1.807) is 21.5 Å². The predicted octanol–water partition coefficient (Wildman–Crippen LogP) is 1.69. The van der Waals surface area contributed by atoms with E-state index in [0.29, 0.717) is 0 Å². The first kappa shape index (κ1) is 9.21. The fraction of sp³-hybridized carbons (Fsp3) is 0.333. The third kappa shape index (κ3) is 1.29. The molecular formula is C9H12N4S. The first-order chi connectivity index (χ1) is 6.74. The molecule has 0 saturated heterocycles. The third-order valence-electron chi connectivity index (χ3n) is 2.21. The van der Waals surface area contributed by atoms with E-state index in [4.69, 9.17) is 5.73 Å². The fourth-order valence-corrected chi connectivity index (χ4v) is 2.09. The van der Waals surface area contributed by atoms with Crippen molar-refractivity contribution in [2.24, 2.45) is 7.05 Å². The summed E-state index contributed by atoms with van der Waals surface area (Å²) in [5, 5.41) is 4.39. The Morgan fingerprint density at radius 1 is 1.57 bits per heavy atom. The van der Waals surface area contributed by atoms with E-state index >= 15 is 0 Å². The number of thiazole rings is 1. The Morgan fingerprint density at radius 3 is 2.93 bits per heavy atom. The molecule has 2 N–H and O–H groups in total. The molecule has 0 bridgehead atoms. The number of hydrogen-bond acceptors (Lipinski definition) is 4. The molecule has 2 aromatic rings. The van der Waals surface area contributed by atoms with Gasteiger partial charge in [-0.3, -0.25) is 9.67 Å². The van der Waals surface area contributed by atoms with Crippen molar-refractivity contribution in [3.05, 3.63) is 17.3 Å². The van der Waals surface area contributed by atoms with Crippen molar-refractivity contribution in [2.45, 2.75) is 13.3 Å². The van der Waals surface area contributed by atoms with Gasteiger partial charge >= 0.3 is 0 Å². The average Bonchev–Trinajstić information content (AvgIpc) is 2.76. The Balaban J connectivity index is 2.59. The van der Waals surface area contributed by atoms with Crippen molar-refractivity contribution in [2.75, 3.05) is 5.73 Å². The van der Waals surface area contributed by atoms with Gasteiger partial charge in [0.05, 0.1) is 10.4 Å². The van der Waals surface area contributed by atoms with Crippen molar-refractivity contribution in [1.29, 1.82) is 0 Å². The minimum Gasteiger partial charge on any atom is -0.384 e. The molecule has 0 spiro atoms. The number of anilines is 1. The van der Waals surface area contributed by atoms with E-state index in [9.17, 15) is 0 Å². The van der Waals surface area contributed by atoms with E-state index in [0.717, 1.165) is 28.4 Å². The molecule has 0 aliphatic carbocycles. The normalized spacial score (nSPS) is 10.7. The number of rotatable bonds is 2. The molecule has 0 unspecified atom stereocenters. The van der Waals surface area contributed by atoms with Gasteiger partial charge in [0.15, 0.2) is 0 Å². The number of aromatic nitrogens is 3. The van der Waals surface area contributed by atoms with Crippen molar-refractivity contribution in [3.8, 4) is 10.6 Å². The zero-order valence-corrected chi connectivity index (χ0v) is 9.01. The maximum atomic E-state index is 5.90. The topological polar surface area (TPSA) is 56.7 Å². The molecule has 5 heteroatoms. The summed E-state index contributed by atoms with van der Waals surface area (Å²) < 4.78 is 1.72. The van der Waals surface area contributed by atoms with E-state index in [-0.39, 0.29) is 0 Å². The number of nitrogens with zero attached hydrogens (tertiary/aromatic N) is 3. The smallest absolute Gasteiger partial charge is 0.125 e. The highest BCUT2D eigenvalue weighted by molar-refractivity contribution is 7.13. The van der Waals surface area contributed by atoms with Crippen LogP contribution in [0.3, 0.4) is 0 Å². The average molecular weight is 208 g/mol. The second-order valence-electron chi connectivity index (χ2n) is 3.06. The molecule has 0 fully saturated rings. The van der Waals surface area contributed by atoms with Crippen LogP contribution >= 0.6 is 11.3 Å². The largest absolute Gasteiger partial charge is 0.384 e. The lowest BCUT2D eigenvalue weighted by Gasteiger charge is -1.96. The molecule has 0 aliphatic rings. The SMILES string of the molecule is CCc1c(-c2cncs2)nn(C)c1N. The molecule has 0 aromatic carbocycles. The van der Waals surface area contributed by atoms with Gasteiger partial charge in [-0.15, -0.1) is 11.3 Å². The maximum absolute atomic E-state index is 5.90. The molecule has 2 aromatic heterocycles. The fourth-order valence-electron chi connectivity index (χ4n) is 1.46. The Kier molecular flexibility index (Phi) is 2.25. The molecule has 2 rings (SSSR count). The summed E-state index contributed by atoms with van der Waals surface area (Å²) >= 11 is 1.59. The van der Waals surface area contributed by atoms with E-state index < -0.39 is 0 Å². The van der Waals surface area contributed by atoms with Crippen LogP contribution in [0, 0.1) is 0 Å². The summed E-state index contributed by atoms with van der Waals surface area (Å²) in [4.78, 5) is 5.12. The van der Waals surface area contributed by atoms with Crippen LogP contribution in [0.25, 0.3) is 10.6 Å². The lowest BCUT2D eigenvalue weighted by Crippen LogP contribution is -1.98. The Labute approximate surface area is 86.4 Å². The summed E-state index contributed by atoms with van der Waals surface area (Å²) in [6.07, 6.45) is 2.72. The van der Waals surface area contributed by atoms with Crippen molar-refractivity contribution >= 4 is 17.2 Å². The van der Waals surface area contributed by atoms with Crippen molar-refractivity contribution in [3.63, 3.8) is 0 Å². The summed E-state index contributed by atoms with van der Waals surface area (Å²) in [5.41, 5.74) is 9.79. The van der Waals surface area contributed by atoms with Crippen LogP contribution in [0.2, 0.25) is 0 Å². The quantitative estimate of drug-likeness (QED) is 0.817. The molecule has 0 atom stereocenters. The molecule has 2 heterocycles. The van der Waals surface area contributed by atoms with Gasteiger partial charge in [0.2, 0.25) is 0 Å². The van der Waals surface area contributed by atoms with Gasteiger partial charge in [-0.2, -0.15) is 5.10 Å². The zero-order chi connectivity index (χ0) is 10.1. The molecule has 74 valence electrons. The van der Waals surface area contributed by atoms with Gasteiger partial charge in [0.1, 0.15) is 11.5 Å². The molecule has 0 amide bonds. The zero-order valence-electron chi connectivity index (χ0n) is 8.19. The van der Waals surface area contributed by atoms with Crippen molar-refractivity contribution in [1.82, 2.24) is 14.8 Å². The highest BCUT2D eigenvalue weighted by atomic mass is 32.1. The van der Waals surface area contributed by atoms with Gasteiger partial charge in [-0.1, -0.05) is 6.92 Å². The molecule has 14 heavy (non-hydrogen) atoms. The molecule has 0 radical (unpaired) electrons. The number of aryl methyl sites for hydroxylation is 1. The van der Waals surface area contributed by atoms with E-state index in [1.807, 2.05) is 13.2 Å². The molecular weight excluding hydrogens is 196 g/mol. The number of nitrogens with two attached hydrogens (primary N) is 1. The van der Waals surface area contributed by atoms with Gasteiger partial charge < -0.3 is 5.73 Å². The van der Waals surface area contributed by atoms with Gasteiger partial charge in [-0.25, -0.2) is 0 Å². The van der Waals surface area contributed by atoms with Crippen LogP contribution in [-0.4, -0.2) is 14.8 Å². The second-order valence-corrected chi connectivity index (χ2v) is 3.94. The molecule has 0 saturated carbocycles. The summed E-state index contributed by atoms with van der Waals surface area (Å²) in [6, 6.07) is 0. The van der Waals surface area contributed by atoms with Crippen LogP contribution in [0.1, 0.15) is 12.5 Å². The maximum Gasteiger partial charge on any atom is 0.125 e. The first-order valence-electron chi connectivity index (χ1n) is 4.44. The summed E-state index contributed by atoms with van der Waals surface area (Å²) in [5.74, 6) is 0.746. The first-order valence-corrected chi connectivity index (χ1v) is 5.32. The highest BCUT2D eigenvalue weighted by Crippen LogP contribution is 2.29. The van der Waals surface area contributed by atoms with Crippen LogP contribution in [0.15, 0.2) is 11.7 Å². The van der Waals surface area contributed by atoms with Crippen LogP contribution < -0.4 is 5.73 Å². The van der Waals surface area contributed by atoms with Gasteiger partial charge in [0, 0.05) is 18.8 Å². The highest BCUT2D eigenvalue weighted by Gasteiger charge is 2.14. The van der Waals surface area contributed by atoms with Crippen LogP contribution in [0.4, 0.5) is 5.82 Å². The standard InChI is InChI=1S/C9H12N4S/c1-3-6-8(7-4-11-5-14-7)12-13(2)9(6)10/h4-5H,3,10H2,1-2H3. The van der Waals surface area contributed by atoms with Crippen molar-refractivity contribution < 1.29 is 0 Å². The second kappa shape index (κ2) is 3.42. The van der Waals surface area contributed by atoms with E-state index in [1.165, 1.54) is 0 Å². The third-order valence-corrected chi connectivity index (χ3v) is 2.99. The minimum absolute atomic E-state index is 0.746. The number of nitrogen functional groups attached to an aromatic ring is 1. The van der Waals surface area contributed by atoms with Crippen LogP contribution in [0.5, 0.6) is 0 Å². The summed E-state index contributed by atoms with van der Waals surface area (Å²) in [7, 11) is 1.86. The van der Waals surface area contributed by atoms with Gasteiger partial charge in [-0.05, 0) is 6.42 Å². The Morgan fingerprint density at radius 2 is 2.36 bits per heavy atom. The monoisotopic (exact) mass is 208 g/mol. The van der Waals surface area contributed by atoms with Crippen LogP contribution in [-0.2, 0) is 13.5 Å². The Bertz CT molecular complexity index is 430. The molecule has 0 aliphatic heterocycles. The minimum atomic E-state index is 0.746. The lowest BCUT2D eigenvalue weighted by molar-refractivity contribution is 0.782. The van der Waals surface area contributed by atoms with E-state index in [2.05, 4.69) is 17.0 Å². The molecule has 4 nitrogen and oxygen atoms in total. The summed E-state index contributed by atoms with van der Waals surface area (Å²) in [6.45, 7) is 2.08. The Hall–Kier alpha value is -1.36. The number of hydrogen-bond donors (Lipinski definition) is 1. The lowest BCUT2D eigenvalue weighted by atomic mass is 10.1. The predicted molar refractivity (Wildman–Crippen MR) is 58.1 cm³/mol. The van der Waals surface area contributed by atoms with Gasteiger partial charge in [0.25, 0.3) is 0 Å².